The van der Waals surface area contributed by atoms with E-state index in [1.807, 2.05) is 4.90 Å². The number of fused-ring (bicyclic) bond motifs is 1. The van der Waals surface area contributed by atoms with Gasteiger partial charge in [-0.2, -0.15) is 26.3 Å². The Balaban J connectivity index is 1.15. The molecule has 0 radical (unpaired) electrons. The Hall–Kier alpha value is -4.50. The summed E-state index contributed by atoms with van der Waals surface area (Å²) in [7, 11) is 0. The molecule has 2 aliphatic rings. The third kappa shape index (κ3) is 7.41. The number of thioether (sulfide) groups is 1. The maximum atomic E-state index is 14.1. The molecule has 0 spiro atoms. The average Bonchev–Trinajstić information content (AvgIpc) is 3.35. The molecule has 15 heteroatoms. The monoisotopic (exact) mass is 672 g/mol. The molecule has 4 heterocycles. The number of nitrogens with one attached hydrogen (secondary N) is 2. The summed E-state index contributed by atoms with van der Waals surface area (Å²) in [4.78, 5) is 38.9. The van der Waals surface area contributed by atoms with Crippen LogP contribution in [0.5, 0.6) is 0 Å². The molecule has 0 saturated carbocycles. The molecule has 2 amide bonds. The van der Waals surface area contributed by atoms with Crippen LogP contribution in [0.15, 0.2) is 65.7 Å². The second-order valence-corrected chi connectivity index (χ2v) is 12.2. The number of aromatic nitrogens is 3. The number of carbonyl (C=O) groups excluding carboxylic acids is 2. The number of imide groups is 1. The van der Waals surface area contributed by atoms with Gasteiger partial charge in [-0.3, -0.25) is 14.9 Å². The van der Waals surface area contributed by atoms with Gasteiger partial charge < -0.3 is 10.2 Å². The summed E-state index contributed by atoms with van der Waals surface area (Å²) < 4.78 is 82.2. The molecule has 2 aromatic heterocycles. The van der Waals surface area contributed by atoms with E-state index in [-0.39, 0.29) is 29.1 Å². The molecule has 2 aromatic carbocycles. The molecule has 8 nitrogen and oxygen atoms in total. The third-order valence-corrected chi connectivity index (χ3v) is 8.75. The van der Waals surface area contributed by atoms with Gasteiger partial charge in [-0.15, -0.1) is 0 Å². The lowest BCUT2D eigenvalue weighted by Crippen LogP contribution is -2.38. The lowest BCUT2D eigenvalue weighted by molar-refractivity contribution is -0.142. The van der Waals surface area contributed by atoms with Crippen LogP contribution in [0, 0.1) is 5.92 Å². The van der Waals surface area contributed by atoms with Crippen molar-refractivity contribution in [1.82, 2.24) is 25.6 Å². The van der Waals surface area contributed by atoms with Crippen LogP contribution in [0.25, 0.3) is 28.2 Å². The molecular formula is C32H26F6N6O2S. The zero-order chi connectivity index (χ0) is 33.3. The molecule has 2 fully saturated rings. The Labute approximate surface area is 268 Å². The van der Waals surface area contributed by atoms with Crippen LogP contribution in [0.1, 0.15) is 35.2 Å². The number of nitrogens with zero attached hydrogens (tertiary/aromatic N) is 4. The molecule has 2 N–H and O–H groups in total. The van der Waals surface area contributed by atoms with Gasteiger partial charge in [0.15, 0.2) is 0 Å². The van der Waals surface area contributed by atoms with E-state index < -0.39 is 40.2 Å². The first kappa shape index (κ1) is 32.4. The van der Waals surface area contributed by atoms with Crippen LogP contribution in [-0.4, -0.2) is 45.7 Å². The smallest absolute Gasteiger partial charge is 0.341 e. The molecule has 2 saturated heterocycles. The number of anilines is 1. The fourth-order valence-corrected chi connectivity index (χ4v) is 6.25. The van der Waals surface area contributed by atoms with Gasteiger partial charge in [0.05, 0.1) is 32.9 Å². The van der Waals surface area contributed by atoms with Crippen molar-refractivity contribution >= 4 is 45.8 Å². The maximum Gasteiger partial charge on any atom is 0.417 e. The van der Waals surface area contributed by atoms with E-state index in [1.165, 1.54) is 6.08 Å². The molecule has 0 atom stereocenters. The Morgan fingerprint density at radius 3 is 2.43 bits per heavy atom. The molecule has 0 unspecified atom stereocenters. The van der Waals surface area contributed by atoms with Crippen molar-refractivity contribution in [2.24, 2.45) is 5.92 Å². The van der Waals surface area contributed by atoms with E-state index >= 15 is 0 Å². The molecular weight excluding hydrogens is 646 g/mol. The van der Waals surface area contributed by atoms with Crippen LogP contribution in [-0.2, 0) is 23.7 Å². The normalized spacial score (nSPS) is 17.1. The Morgan fingerprint density at radius 2 is 1.72 bits per heavy atom. The van der Waals surface area contributed by atoms with Crippen molar-refractivity contribution in [3.05, 3.63) is 88.1 Å². The van der Waals surface area contributed by atoms with Crippen molar-refractivity contribution in [1.29, 1.82) is 0 Å². The first-order chi connectivity index (χ1) is 22.3. The maximum absolute atomic E-state index is 14.1. The predicted octanol–water partition coefficient (Wildman–Crippen LogP) is 7.06. The number of benzene rings is 2. The number of pyridine rings is 1. The van der Waals surface area contributed by atoms with Crippen molar-refractivity contribution < 1.29 is 35.9 Å². The second kappa shape index (κ2) is 13.0. The highest BCUT2D eigenvalue weighted by Crippen LogP contribution is 2.41. The minimum absolute atomic E-state index is 0.0306. The zero-order valence-corrected chi connectivity index (χ0v) is 25.3. The number of piperidine rings is 1. The number of alkyl halides is 6. The molecule has 244 valence electrons. The van der Waals surface area contributed by atoms with Crippen LogP contribution < -0.4 is 15.5 Å². The molecule has 47 heavy (non-hydrogen) atoms. The lowest BCUT2D eigenvalue weighted by Gasteiger charge is -2.32. The Morgan fingerprint density at radius 1 is 0.957 bits per heavy atom. The van der Waals surface area contributed by atoms with Crippen LogP contribution >= 0.6 is 11.8 Å². The zero-order valence-electron chi connectivity index (χ0n) is 24.5. The molecule has 4 aromatic rings. The molecule has 0 aliphatic carbocycles. The summed E-state index contributed by atoms with van der Waals surface area (Å²) in [5.41, 5.74) is -1.88. The Bertz CT molecular complexity index is 1870. The molecule has 6 rings (SSSR count). The van der Waals surface area contributed by atoms with Gasteiger partial charge in [0.1, 0.15) is 0 Å². The van der Waals surface area contributed by atoms with E-state index in [9.17, 15) is 35.9 Å². The minimum Gasteiger partial charge on any atom is -0.341 e. The van der Waals surface area contributed by atoms with Gasteiger partial charge in [0.2, 0.25) is 5.95 Å². The minimum atomic E-state index is -5.04. The molecule has 2 aliphatic heterocycles. The predicted molar refractivity (Wildman–Crippen MR) is 165 cm³/mol. The topological polar surface area (TPSA) is 100 Å². The van der Waals surface area contributed by atoms with Gasteiger partial charge in [-0.1, -0.05) is 24.3 Å². The first-order valence-corrected chi connectivity index (χ1v) is 15.4. The standard InChI is InChI=1S/C32H26F6N6O2S/c33-31(34,35)21-5-6-23(24(14-21)32(36,37)38)27-20(13-19-3-1-2-4-25(19)42-27)17-39-16-18-8-11-44(12-9-18)29-40-10-7-22(41-29)15-26-28(45)43-30(46)47-26/h1-7,10,13-15,18,39H,8-9,11-12,16-17H2,(H,43,45,46)/b26-15+. The van der Waals surface area contributed by atoms with Gasteiger partial charge in [0, 0.05) is 36.8 Å². The highest BCUT2D eigenvalue weighted by molar-refractivity contribution is 8.18. The van der Waals surface area contributed by atoms with E-state index in [2.05, 4.69) is 25.6 Å². The highest BCUT2D eigenvalue weighted by atomic mass is 32.2. The number of hydrogen-bond donors (Lipinski definition) is 2. The van der Waals surface area contributed by atoms with E-state index in [4.69, 9.17) is 0 Å². The first-order valence-electron chi connectivity index (χ1n) is 14.6. The quantitative estimate of drug-likeness (QED) is 0.159. The number of carbonyl (C=O) groups is 2. The van der Waals surface area contributed by atoms with Crippen LogP contribution in [0.3, 0.4) is 0 Å². The third-order valence-electron chi connectivity index (χ3n) is 7.94. The van der Waals surface area contributed by atoms with E-state index in [0.717, 1.165) is 30.7 Å². The molecule has 0 bridgehead atoms. The lowest BCUT2D eigenvalue weighted by atomic mass is 9.95. The summed E-state index contributed by atoms with van der Waals surface area (Å²) in [6.07, 6.45) is -5.31. The number of amides is 2. The SMILES string of the molecule is O=C1NC(=O)/C(=C\c2ccnc(N3CCC(CNCc4cc5ccccc5nc4-c4ccc(C(F)(F)F)cc4C(F)(F)F)CC3)n2)S1. The summed E-state index contributed by atoms with van der Waals surface area (Å²) in [6.45, 7) is 1.99. The van der Waals surface area contributed by atoms with Gasteiger partial charge in [-0.25, -0.2) is 15.0 Å². The highest BCUT2D eigenvalue weighted by Gasteiger charge is 2.39. The summed E-state index contributed by atoms with van der Waals surface area (Å²) in [6, 6.07) is 11.9. The fourth-order valence-electron chi connectivity index (χ4n) is 5.59. The van der Waals surface area contributed by atoms with Crippen molar-refractivity contribution in [2.75, 3.05) is 24.5 Å². The van der Waals surface area contributed by atoms with E-state index in [1.54, 1.807) is 42.6 Å². The van der Waals surface area contributed by atoms with Gasteiger partial charge in [-0.05, 0) is 79.0 Å². The van der Waals surface area contributed by atoms with Crippen molar-refractivity contribution in [3.8, 4) is 11.3 Å². The number of rotatable bonds is 7. The second-order valence-electron chi connectivity index (χ2n) is 11.1. The summed E-state index contributed by atoms with van der Waals surface area (Å²) >= 11 is 0.805. The largest absolute Gasteiger partial charge is 0.417 e. The summed E-state index contributed by atoms with van der Waals surface area (Å²) in [5.74, 6) is 0.249. The van der Waals surface area contributed by atoms with E-state index in [0.29, 0.717) is 53.8 Å². The average molecular weight is 673 g/mol. The van der Waals surface area contributed by atoms with Crippen LogP contribution in [0.2, 0.25) is 0 Å². The number of para-hydroxylation sites is 1. The number of halogens is 6. The van der Waals surface area contributed by atoms with Gasteiger partial charge >= 0.3 is 12.4 Å². The van der Waals surface area contributed by atoms with Gasteiger partial charge in [0.25, 0.3) is 11.1 Å². The Kier molecular flexibility index (Phi) is 8.94. The fraction of sp³-hybridized carbons (Fsp3) is 0.281. The van der Waals surface area contributed by atoms with Crippen molar-refractivity contribution in [2.45, 2.75) is 31.7 Å². The summed E-state index contributed by atoms with van der Waals surface area (Å²) in [5, 5.41) is 5.78. The number of hydrogen-bond acceptors (Lipinski definition) is 8. The van der Waals surface area contributed by atoms with Crippen molar-refractivity contribution in [3.63, 3.8) is 0 Å². The van der Waals surface area contributed by atoms with Crippen LogP contribution in [0.4, 0.5) is 37.1 Å².